The fourth-order valence-corrected chi connectivity index (χ4v) is 1.40. The topological polar surface area (TPSA) is 55.4 Å². The van der Waals surface area contributed by atoms with Crippen LogP contribution in [0.2, 0.25) is 0 Å². The molecule has 0 saturated heterocycles. The molecule has 1 aromatic rings. The van der Waals surface area contributed by atoms with Crippen molar-refractivity contribution in [3.63, 3.8) is 0 Å². The Labute approximate surface area is 125 Å². The van der Waals surface area contributed by atoms with Crippen LogP contribution in [0.15, 0.2) is 48.6 Å². The molecule has 0 saturated carbocycles. The van der Waals surface area contributed by atoms with Gasteiger partial charge in [-0.15, -0.1) is 0 Å². The van der Waals surface area contributed by atoms with E-state index in [1.54, 1.807) is 19.1 Å². The summed E-state index contributed by atoms with van der Waals surface area (Å²) in [7, 11) is 0. The average Bonchev–Trinajstić information content (AvgIpc) is 2.45. The first-order valence-electron chi connectivity index (χ1n) is 6.26. The Hall–Kier alpha value is -2.57. The molecule has 0 fully saturated rings. The quantitative estimate of drug-likeness (QED) is 0.515. The lowest BCUT2D eigenvalue weighted by Crippen LogP contribution is -2.20. The second-order valence-electron chi connectivity index (χ2n) is 4.12. The van der Waals surface area contributed by atoms with Gasteiger partial charge in [0.05, 0.1) is 5.56 Å². The summed E-state index contributed by atoms with van der Waals surface area (Å²) in [5.74, 6) is -1.45. The predicted octanol–water partition coefficient (Wildman–Crippen LogP) is 3.32. The van der Waals surface area contributed by atoms with Crippen LogP contribution >= 0.6 is 0 Å². The summed E-state index contributed by atoms with van der Waals surface area (Å²) in [4.78, 5) is 22.7. The molecule has 1 rings (SSSR count). The number of ether oxygens (including phenoxy) is 1. The van der Waals surface area contributed by atoms with Crippen LogP contribution in [0.3, 0.4) is 0 Å². The Kier molecular flexibility index (Phi) is 6.37. The van der Waals surface area contributed by atoms with Crippen molar-refractivity contribution < 1.29 is 27.5 Å². The Morgan fingerprint density at radius 1 is 1.27 bits per heavy atom. The van der Waals surface area contributed by atoms with Gasteiger partial charge in [0.1, 0.15) is 0 Å². The molecular weight excluding hydrogens is 299 g/mol. The molecule has 0 atom stereocenters. The van der Waals surface area contributed by atoms with E-state index in [4.69, 9.17) is 0 Å². The van der Waals surface area contributed by atoms with Crippen LogP contribution in [0.1, 0.15) is 12.5 Å². The number of amides is 1. The monoisotopic (exact) mass is 313 g/mol. The van der Waals surface area contributed by atoms with Crippen molar-refractivity contribution in [3.05, 3.63) is 54.1 Å². The summed E-state index contributed by atoms with van der Waals surface area (Å²) in [6.45, 7) is 1.17. The van der Waals surface area contributed by atoms with Gasteiger partial charge in [-0.25, -0.2) is 4.79 Å². The van der Waals surface area contributed by atoms with Crippen molar-refractivity contribution in [2.75, 3.05) is 11.9 Å². The molecule has 4 nitrogen and oxygen atoms in total. The number of hydrogen-bond donors (Lipinski definition) is 1. The minimum absolute atomic E-state index is 0.0275. The first kappa shape index (κ1) is 17.5. The van der Waals surface area contributed by atoms with Gasteiger partial charge >= 0.3 is 12.1 Å². The van der Waals surface area contributed by atoms with E-state index in [1.165, 1.54) is 18.2 Å². The van der Waals surface area contributed by atoms with E-state index in [0.717, 1.165) is 18.2 Å². The minimum atomic E-state index is -4.50. The lowest BCUT2D eigenvalue weighted by Gasteiger charge is -2.09. The first-order chi connectivity index (χ1) is 10.3. The number of anilines is 1. The highest BCUT2D eigenvalue weighted by molar-refractivity contribution is 5.93. The van der Waals surface area contributed by atoms with Crippen molar-refractivity contribution in [2.45, 2.75) is 13.1 Å². The van der Waals surface area contributed by atoms with E-state index in [9.17, 15) is 22.8 Å². The molecule has 1 amide bonds. The van der Waals surface area contributed by atoms with Gasteiger partial charge in [0.15, 0.2) is 6.61 Å². The number of rotatable bonds is 5. The summed E-state index contributed by atoms with van der Waals surface area (Å²) in [6.07, 6.45) is 1.36. The molecule has 118 valence electrons. The lowest BCUT2D eigenvalue weighted by atomic mass is 10.2. The Morgan fingerprint density at radius 2 is 2.00 bits per heavy atom. The smallest absolute Gasteiger partial charge is 0.416 e. The van der Waals surface area contributed by atoms with Crippen LogP contribution in [0.4, 0.5) is 18.9 Å². The number of esters is 1. The van der Waals surface area contributed by atoms with Crippen molar-refractivity contribution >= 4 is 17.6 Å². The molecule has 0 aliphatic carbocycles. The number of halogens is 3. The van der Waals surface area contributed by atoms with Gasteiger partial charge in [0.25, 0.3) is 5.91 Å². The zero-order chi connectivity index (χ0) is 16.6. The molecule has 7 heteroatoms. The maximum atomic E-state index is 12.5. The first-order valence-corrected chi connectivity index (χ1v) is 6.26. The third-order valence-electron chi connectivity index (χ3n) is 2.36. The summed E-state index contributed by atoms with van der Waals surface area (Å²) in [5.41, 5.74) is -0.906. The molecule has 0 aromatic heterocycles. The van der Waals surface area contributed by atoms with E-state index in [0.29, 0.717) is 0 Å². The van der Waals surface area contributed by atoms with Gasteiger partial charge in [-0.1, -0.05) is 24.3 Å². The van der Waals surface area contributed by atoms with Crippen LogP contribution < -0.4 is 5.32 Å². The van der Waals surface area contributed by atoms with E-state index in [2.05, 4.69) is 10.1 Å². The SMILES string of the molecule is C/C=C/C=C/C(=O)OCC(=O)Nc1cccc(C(F)(F)F)c1. The third kappa shape index (κ3) is 6.25. The van der Waals surface area contributed by atoms with Gasteiger partial charge in [0.2, 0.25) is 0 Å². The van der Waals surface area contributed by atoms with Gasteiger partial charge in [-0.3, -0.25) is 4.79 Å². The molecule has 0 aliphatic heterocycles. The molecule has 0 spiro atoms. The largest absolute Gasteiger partial charge is 0.452 e. The van der Waals surface area contributed by atoms with E-state index in [-0.39, 0.29) is 5.69 Å². The summed E-state index contributed by atoms with van der Waals surface area (Å²) >= 11 is 0. The van der Waals surface area contributed by atoms with Crippen LogP contribution in [0.5, 0.6) is 0 Å². The summed E-state index contributed by atoms with van der Waals surface area (Å²) in [5, 5.41) is 2.22. The molecule has 0 heterocycles. The molecule has 22 heavy (non-hydrogen) atoms. The van der Waals surface area contributed by atoms with Gasteiger partial charge in [0, 0.05) is 11.8 Å². The molecule has 0 unspecified atom stereocenters. The zero-order valence-corrected chi connectivity index (χ0v) is 11.7. The molecule has 0 radical (unpaired) electrons. The number of alkyl halides is 3. The summed E-state index contributed by atoms with van der Waals surface area (Å²) < 4.78 is 42.2. The summed E-state index contributed by atoms with van der Waals surface area (Å²) in [6, 6.07) is 4.17. The molecular formula is C15H14F3NO3. The highest BCUT2D eigenvalue weighted by Crippen LogP contribution is 2.30. The van der Waals surface area contributed by atoms with E-state index in [1.807, 2.05) is 0 Å². The van der Waals surface area contributed by atoms with Crippen molar-refractivity contribution in [1.29, 1.82) is 0 Å². The third-order valence-corrected chi connectivity index (χ3v) is 2.36. The number of hydrogen-bond acceptors (Lipinski definition) is 3. The van der Waals surface area contributed by atoms with Gasteiger partial charge in [-0.05, 0) is 25.1 Å². The number of carbonyl (C=O) groups excluding carboxylic acids is 2. The molecule has 1 aromatic carbocycles. The molecule has 0 bridgehead atoms. The highest BCUT2D eigenvalue weighted by Gasteiger charge is 2.30. The van der Waals surface area contributed by atoms with Crippen LogP contribution in [-0.4, -0.2) is 18.5 Å². The Morgan fingerprint density at radius 3 is 2.64 bits per heavy atom. The number of carbonyl (C=O) groups is 2. The minimum Gasteiger partial charge on any atom is -0.452 e. The fourth-order valence-electron chi connectivity index (χ4n) is 1.40. The Balaban J connectivity index is 2.54. The number of nitrogens with one attached hydrogen (secondary N) is 1. The Bertz CT molecular complexity index is 592. The predicted molar refractivity (Wildman–Crippen MR) is 75.0 cm³/mol. The standard InChI is InChI=1S/C15H14F3NO3/c1-2-3-4-8-14(21)22-10-13(20)19-12-7-5-6-11(9-12)15(16,17)18/h2-9H,10H2,1H3,(H,19,20)/b3-2+,8-4+. The number of benzene rings is 1. The zero-order valence-electron chi connectivity index (χ0n) is 11.7. The molecule has 0 aliphatic rings. The van der Waals surface area contributed by atoms with E-state index < -0.39 is 30.2 Å². The normalized spacial score (nSPS) is 11.8. The molecule has 1 N–H and O–H groups in total. The lowest BCUT2D eigenvalue weighted by molar-refractivity contribution is -0.142. The van der Waals surface area contributed by atoms with Crippen molar-refractivity contribution in [1.82, 2.24) is 0 Å². The number of allylic oxidation sites excluding steroid dienone is 3. The average molecular weight is 313 g/mol. The van der Waals surface area contributed by atoms with Crippen LogP contribution in [0, 0.1) is 0 Å². The second-order valence-corrected chi connectivity index (χ2v) is 4.12. The fraction of sp³-hybridized carbons (Fsp3) is 0.200. The second kappa shape index (κ2) is 8.02. The maximum absolute atomic E-state index is 12.5. The maximum Gasteiger partial charge on any atom is 0.416 e. The van der Waals surface area contributed by atoms with Crippen LogP contribution in [-0.2, 0) is 20.5 Å². The van der Waals surface area contributed by atoms with Crippen LogP contribution in [0.25, 0.3) is 0 Å². The van der Waals surface area contributed by atoms with Crippen molar-refractivity contribution in [3.8, 4) is 0 Å². The van der Waals surface area contributed by atoms with Gasteiger partial charge in [-0.2, -0.15) is 13.2 Å². The highest BCUT2D eigenvalue weighted by atomic mass is 19.4. The van der Waals surface area contributed by atoms with Gasteiger partial charge < -0.3 is 10.1 Å². The van der Waals surface area contributed by atoms with E-state index >= 15 is 0 Å². The van der Waals surface area contributed by atoms with Crippen molar-refractivity contribution in [2.24, 2.45) is 0 Å².